The lowest BCUT2D eigenvalue weighted by molar-refractivity contribution is 0.0994. The molecule has 0 spiro atoms. The summed E-state index contributed by atoms with van der Waals surface area (Å²) in [4.78, 5) is 16.3. The summed E-state index contributed by atoms with van der Waals surface area (Å²) in [7, 11) is 0. The molecule has 0 fully saturated rings. The minimum Gasteiger partial charge on any atom is -0.411 e. The number of thioether (sulfide) groups is 1. The number of para-hydroxylation sites is 1. The smallest absolute Gasteiger partial charge is 0.277 e. The number of carbonyl (C=O) groups is 1. The van der Waals surface area contributed by atoms with Gasteiger partial charge in [-0.05, 0) is 44.2 Å². The van der Waals surface area contributed by atoms with Gasteiger partial charge in [-0.1, -0.05) is 45.9 Å². The number of rotatable bonds is 5. The predicted molar refractivity (Wildman–Crippen MR) is 110 cm³/mol. The van der Waals surface area contributed by atoms with E-state index in [2.05, 4.69) is 31.1 Å². The molecule has 0 aliphatic carbocycles. The van der Waals surface area contributed by atoms with Crippen LogP contribution in [0.15, 0.2) is 62.6 Å². The zero-order valence-electron chi connectivity index (χ0n) is 14.7. The molecule has 0 saturated heterocycles. The van der Waals surface area contributed by atoms with Gasteiger partial charge in [0, 0.05) is 32.2 Å². The summed E-state index contributed by atoms with van der Waals surface area (Å²) >= 11 is 4.68. The molecule has 2 aromatic heterocycles. The standard InChI is InChI=1S/C20H16BrN3O2S/c1-11-17(15-5-3-4-6-16(15)22-11)18(25)12(2)27-20-24-23-19(26-20)13-7-9-14(21)10-8-13/h3-10,12,22H,1-2H3. The monoisotopic (exact) mass is 441 g/mol. The van der Waals surface area contributed by atoms with Gasteiger partial charge in [-0.15, -0.1) is 10.2 Å². The molecule has 0 radical (unpaired) electrons. The second kappa shape index (κ2) is 7.32. The minimum atomic E-state index is -0.346. The van der Waals surface area contributed by atoms with E-state index in [4.69, 9.17) is 4.42 Å². The molecule has 2 heterocycles. The van der Waals surface area contributed by atoms with Crippen molar-refractivity contribution >= 4 is 44.4 Å². The highest BCUT2D eigenvalue weighted by molar-refractivity contribution is 9.10. The van der Waals surface area contributed by atoms with Crippen molar-refractivity contribution < 1.29 is 9.21 Å². The topological polar surface area (TPSA) is 71.8 Å². The van der Waals surface area contributed by atoms with Gasteiger partial charge in [0.25, 0.3) is 5.22 Å². The van der Waals surface area contributed by atoms with Gasteiger partial charge in [-0.25, -0.2) is 0 Å². The van der Waals surface area contributed by atoms with Crippen LogP contribution in [-0.2, 0) is 0 Å². The Hall–Kier alpha value is -2.38. The van der Waals surface area contributed by atoms with Crippen molar-refractivity contribution in [2.45, 2.75) is 24.3 Å². The molecule has 0 aliphatic heterocycles. The summed E-state index contributed by atoms with van der Waals surface area (Å²) < 4.78 is 6.71. The van der Waals surface area contributed by atoms with Crippen LogP contribution in [0, 0.1) is 6.92 Å². The van der Waals surface area contributed by atoms with E-state index in [0.717, 1.165) is 32.2 Å². The fourth-order valence-electron chi connectivity index (χ4n) is 2.97. The van der Waals surface area contributed by atoms with Crippen molar-refractivity contribution in [2.24, 2.45) is 0 Å². The molecule has 136 valence electrons. The van der Waals surface area contributed by atoms with E-state index in [1.807, 2.05) is 62.4 Å². The highest BCUT2D eigenvalue weighted by Gasteiger charge is 2.24. The second-order valence-electron chi connectivity index (χ2n) is 6.17. The lowest BCUT2D eigenvalue weighted by atomic mass is 10.1. The number of H-pyrrole nitrogens is 1. The van der Waals surface area contributed by atoms with Crippen molar-refractivity contribution in [3.05, 3.63) is 64.3 Å². The fraction of sp³-hybridized carbons (Fsp3) is 0.150. The number of aromatic amines is 1. The Morgan fingerprint density at radius 3 is 2.67 bits per heavy atom. The number of nitrogens with one attached hydrogen (secondary N) is 1. The number of carbonyl (C=O) groups excluding carboxylic acids is 1. The zero-order chi connectivity index (χ0) is 19.0. The van der Waals surface area contributed by atoms with Gasteiger partial charge < -0.3 is 9.40 Å². The number of halogens is 1. The molecule has 0 amide bonds. The van der Waals surface area contributed by atoms with Crippen molar-refractivity contribution in [1.82, 2.24) is 15.2 Å². The summed E-state index contributed by atoms with van der Waals surface area (Å²) in [6.45, 7) is 3.78. The Balaban J connectivity index is 1.55. The van der Waals surface area contributed by atoms with E-state index in [0.29, 0.717) is 11.1 Å². The normalized spacial score (nSPS) is 12.4. The first-order valence-corrected chi connectivity index (χ1v) is 10.1. The zero-order valence-corrected chi connectivity index (χ0v) is 17.1. The van der Waals surface area contributed by atoms with Crippen LogP contribution in [0.3, 0.4) is 0 Å². The van der Waals surface area contributed by atoms with E-state index in [9.17, 15) is 4.79 Å². The van der Waals surface area contributed by atoms with Crippen molar-refractivity contribution in [2.75, 3.05) is 0 Å². The Bertz CT molecular complexity index is 1120. The molecule has 0 aliphatic rings. The number of aryl methyl sites for hydroxylation is 1. The Morgan fingerprint density at radius 2 is 1.89 bits per heavy atom. The number of Topliss-reactive ketones (excluding diaryl/α,β-unsaturated/α-hetero) is 1. The number of aromatic nitrogens is 3. The van der Waals surface area contributed by atoms with Gasteiger partial charge in [0.15, 0.2) is 5.78 Å². The highest BCUT2D eigenvalue weighted by Crippen LogP contribution is 2.31. The van der Waals surface area contributed by atoms with Crippen molar-refractivity contribution in [1.29, 1.82) is 0 Å². The molecule has 27 heavy (non-hydrogen) atoms. The fourth-order valence-corrected chi connectivity index (χ4v) is 3.98. The van der Waals surface area contributed by atoms with Crippen LogP contribution in [0.25, 0.3) is 22.4 Å². The van der Waals surface area contributed by atoms with Crippen LogP contribution in [-0.4, -0.2) is 26.2 Å². The molecular weight excluding hydrogens is 426 g/mol. The van der Waals surface area contributed by atoms with Gasteiger partial charge in [0.1, 0.15) is 0 Å². The largest absolute Gasteiger partial charge is 0.411 e. The van der Waals surface area contributed by atoms with Crippen LogP contribution >= 0.6 is 27.7 Å². The Morgan fingerprint density at radius 1 is 1.15 bits per heavy atom. The van der Waals surface area contributed by atoms with Gasteiger partial charge in [-0.3, -0.25) is 4.79 Å². The molecule has 4 rings (SSSR count). The van der Waals surface area contributed by atoms with E-state index >= 15 is 0 Å². The SMILES string of the molecule is Cc1[nH]c2ccccc2c1C(=O)C(C)Sc1nnc(-c2ccc(Br)cc2)o1. The maximum atomic E-state index is 13.0. The first-order valence-electron chi connectivity index (χ1n) is 8.40. The quantitative estimate of drug-likeness (QED) is 0.319. The van der Waals surface area contributed by atoms with Crippen molar-refractivity contribution in [3.8, 4) is 11.5 Å². The summed E-state index contributed by atoms with van der Waals surface area (Å²) in [5.41, 5.74) is 3.39. The van der Waals surface area contributed by atoms with Gasteiger partial charge in [-0.2, -0.15) is 0 Å². The van der Waals surface area contributed by atoms with Crippen LogP contribution in [0.1, 0.15) is 23.0 Å². The number of benzene rings is 2. The van der Waals surface area contributed by atoms with Crippen LogP contribution < -0.4 is 0 Å². The average molecular weight is 442 g/mol. The van der Waals surface area contributed by atoms with Crippen LogP contribution in [0.4, 0.5) is 0 Å². The third-order valence-electron chi connectivity index (χ3n) is 4.28. The molecule has 7 heteroatoms. The molecule has 0 saturated carbocycles. The molecule has 5 nitrogen and oxygen atoms in total. The van der Waals surface area contributed by atoms with Crippen molar-refractivity contribution in [3.63, 3.8) is 0 Å². The molecule has 1 unspecified atom stereocenters. The maximum Gasteiger partial charge on any atom is 0.277 e. The molecule has 2 aromatic carbocycles. The Kier molecular flexibility index (Phi) is 4.88. The maximum absolute atomic E-state index is 13.0. The third-order valence-corrected chi connectivity index (χ3v) is 5.75. The third kappa shape index (κ3) is 3.57. The van der Waals surface area contributed by atoms with Gasteiger partial charge in [0.05, 0.1) is 5.25 Å². The van der Waals surface area contributed by atoms with Crippen LogP contribution in [0.2, 0.25) is 0 Å². The predicted octanol–water partition coefficient (Wildman–Crippen LogP) is 5.65. The summed E-state index contributed by atoms with van der Waals surface area (Å²) in [6, 6.07) is 15.4. The number of fused-ring (bicyclic) bond motifs is 1. The first kappa shape index (κ1) is 18.0. The number of ketones is 1. The Labute approximate surface area is 168 Å². The lowest BCUT2D eigenvalue weighted by Gasteiger charge is -2.07. The number of nitrogens with zero attached hydrogens (tertiary/aromatic N) is 2. The lowest BCUT2D eigenvalue weighted by Crippen LogP contribution is -2.14. The summed E-state index contributed by atoms with van der Waals surface area (Å²) in [6.07, 6.45) is 0. The van der Waals surface area contributed by atoms with E-state index < -0.39 is 0 Å². The molecule has 0 bridgehead atoms. The highest BCUT2D eigenvalue weighted by atomic mass is 79.9. The molecular formula is C20H16BrN3O2S. The van der Waals surface area contributed by atoms with E-state index in [-0.39, 0.29) is 11.0 Å². The van der Waals surface area contributed by atoms with Gasteiger partial charge in [0.2, 0.25) is 5.89 Å². The minimum absolute atomic E-state index is 0.0401. The van der Waals surface area contributed by atoms with Crippen LogP contribution in [0.5, 0.6) is 0 Å². The number of hydrogen-bond donors (Lipinski definition) is 1. The first-order chi connectivity index (χ1) is 13.0. The number of hydrogen-bond acceptors (Lipinski definition) is 5. The summed E-state index contributed by atoms with van der Waals surface area (Å²) in [5, 5.41) is 9.14. The molecule has 1 N–H and O–H groups in total. The molecule has 1 atom stereocenters. The van der Waals surface area contributed by atoms with E-state index in [1.165, 1.54) is 11.8 Å². The average Bonchev–Trinajstić information content (AvgIpc) is 3.25. The second-order valence-corrected chi connectivity index (χ2v) is 8.38. The summed E-state index contributed by atoms with van der Waals surface area (Å²) in [5.74, 6) is 0.478. The van der Waals surface area contributed by atoms with E-state index in [1.54, 1.807) is 0 Å². The van der Waals surface area contributed by atoms with Gasteiger partial charge >= 0.3 is 0 Å². The molecule has 4 aromatic rings.